The topological polar surface area (TPSA) is 29.1 Å². The lowest BCUT2D eigenvalue weighted by molar-refractivity contribution is -0.111. The summed E-state index contributed by atoms with van der Waals surface area (Å²) >= 11 is 5.24. The fourth-order valence-electron chi connectivity index (χ4n) is 1.70. The van der Waals surface area contributed by atoms with Crippen LogP contribution in [-0.2, 0) is 4.79 Å². The van der Waals surface area contributed by atoms with Gasteiger partial charge in [0.25, 0.3) is 0 Å². The van der Waals surface area contributed by atoms with E-state index in [2.05, 4.69) is 5.32 Å². The third-order valence-corrected chi connectivity index (χ3v) is 2.63. The summed E-state index contributed by atoms with van der Waals surface area (Å²) < 4.78 is 0. The summed E-state index contributed by atoms with van der Waals surface area (Å²) in [5.74, 6) is 0.822. The Balaban J connectivity index is 2.01. The molecular formula is C9H16ClNO. The molecule has 0 saturated carbocycles. The lowest BCUT2D eigenvalue weighted by Crippen LogP contribution is -2.27. The van der Waals surface area contributed by atoms with Gasteiger partial charge in [-0.25, -0.2) is 0 Å². The third-order valence-electron chi connectivity index (χ3n) is 2.44. The van der Waals surface area contributed by atoms with E-state index >= 15 is 0 Å². The first-order valence-electron chi connectivity index (χ1n) is 4.68. The summed E-state index contributed by atoms with van der Waals surface area (Å²) in [6, 6.07) is 0. The molecule has 0 amide bonds. The molecule has 0 aromatic rings. The number of hydrogen-bond acceptors (Lipinski definition) is 2. The highest BCUT2D eigenvalue weighted by Crippen LogP contribution is 2.18. The molecule has 12 heavy (non-hydrogen) atoms. The van der Waals surface area contributed by atoms with Crippen LogP contribution >= 0.6 is 11.6 Å². The molecule has 0 aromatic carbocycles. The first kappa shape index (κ1) is 10.0. The predicted octanol–water partition coefficient (Wildman–Crippen LogP) is 1.92. The highest BCUT2D eigenvalue weighted by atomic mass is 35.5. The van der Waals surface area contributed by atoms with E-state index in [4.69, 9.17) is 11.6 Å². The van der Waals surface area contributed by atoms with Crippen LogP contribution in [0.25, 0.3) is 0 Å². The molecule has 3 heteroatoms. The minimum atomic E-state index is -0.191. The van der Waals surface area contributed by atoms with Crippen molar-refractivity contribution in [3.8, 4) is 0 Å². The summed E-state index contributed by atoms with van der Waals surface area (Å²) in [5.41, 5.74) is 0. The van der Waals surface area contributed by atoms with Crippen molar-refractivity contribution in [3.63, 3.8) is 0 Å². The van der Waals surface area contributed by atoms with Crippen molar-refractivity contribution in [1.82, 2.24) is 5.32 Å². The van der Waals surface area contributed by atoms with Crippen molar-refractivity contribution in [2.75, 3.05) is 13.1 Å². The molecule has 0 aliphatic carbocycles. The van der Waals surface area contributed by atoms with Crippen molar-refractivity contribution < 1.29 is 4.79 Å². The monoisotopic (exact) mass is 189 g/mol. The lowest BCUT2D eigenvalue weighted by Gasteiger charge is -2.21. The van der Waals surface area contributed by atoms with E-state index in [9.17, 15) is 4.79 Å². The molecule has 0 radical (unpaired) electrons. The van der Waals surface area contributed by atoms with Gasteiger partial charge >= 0.3 is 0 Å². The number of hydrogen-bond donors (Lipinski definition) is 1. The van der Waals surface area contributed by atoms with Crippen LogP contribution in [0.15, 0.2) is 0 Å². The van der Waals surface area contributed by atoms with Crippen LogP contribution in [0.3, 0.4) is 0 Å². The van der Waals surface area contributed by atoms with Crippen LogP contribution in [0.1, 0.15) is 32.1 Å². The molecule has 2 nitrogen and oxygen atoms in total. The highest BCUT2D eigenvalue weighted by molar-refractivity contribution is 6.63. The predicted molar refractivity (Wildman–Crippen MR) is 50.3 cm³/mol. The number of piperidine rings is 1. The molecule has 70 valence electrons. The van der Waals surface area contributed by atoms with E-state index < -0.39 is 0 Å². The van der Waals surface area contributed by atoms with Crippen molar-refractivity contribution in [3.05, 3.63) is 0 Å². The van der Waals surface area contributed by atoms with Crippen molar-refractivity contribution in [2.45, 2.75) is 32.1 Å². The molecule has 1 aliphatic rings. The van der Waals surface area contributed by atoms with Gasteiger partial charge in [-0.05, 0) is 56.3 Å². The SMILES string of the molecule is O=C(Cl)CCCC1CCNCC1. The number of nitrogens with one attached hydrogen (secondary N) is 1. The van der Waals surface area contributed by atoms with E-state index in [0.29, 0.717) is 6.42 Å². The highest BCUT2D eigenvalue weighted by Gasteiger charge is 2.12. The molecule has 0 atom stereocenters. The maximum atomic E-state index is 10.4. The van der Waals surface area contributed by atoms with Gasteiger partial charge in [-0.3, -0.25) is 4.79 Å². The van der Waals surface area contributed by atoms with Gasteiger partial charge in [0.1, 0.15) is 0 Å². The van der Waals surface area contributed by atoms with E-state index in [-0.39, 0.29) is 5.24 Å². The number of rotatable bonds is 4. The van der Waals surface area contributed by atoms with Crippen LogP contribution in [0.5, 0.6) is 0 Å². The van der Waals surface area contributed by atoms with Crippen molar-refractivity contribution in [2.24, 2.45) is 5.92 Å². The Morgan fingerprint density at radius 2 is 2.08 bits per heavy atom. The number of halogens is 1. The van der Waals surface area contributed by atoms with Gasteiger partial charge in [-0.2, -0.15) is 0 Å². The Hall–Kier alpha value is -0.0800. The normalized spacial score (nSPS) is 19.4. The van der Waals surface area contributed by atoms with Crippen LogP contribution in [0.4, 0.5) is 0 Å². The summed E-state index contributed by atoms with van der Waals surface area (Å²) in [4.78, 5) is 10.4. The maximum Gasteiger partial charge on any atom is 0.221 e. The van der Waals surface area contributed by atoms with Gasteiger partial charge in [0.2, 0.25) is 5.24 Å². The van der Waals surface area contributed by atoms with E-state index in [1.807, 2.05) is 0 Å². The van der Waals surface area contributed by atoms with Crippen molar-refractivity contribution in [1.29, 1.82) is 0 Å². The largest absolute Gasteiger partial charge is 0.317 e. The van der Waals surface area contributed by atoms with Gasteiger partial charge in [-0.1, -0.05) is 0 Å². The molecule has 1 rings (SSSR count). The fraction of sp³-hybridized carbons (Fsp3) is 0.889. The molecule has 1 N–H and O–H groups in total. The number of carbonyl (C=O) groups is 1. The summed E-state index contributed by atoms with van der Waals surface area (Å²) in [5, 5.41) is 3.13. The van der Waals surface area contributed by atoms with Gasteiger partial charge < -0.3 is 5.32 Å². The zero-order valence-electron chi connectivity index (χ0n) is 7.31. The Bertz CT molecular complexity index is 143. The van der Waals surface area contributed by atoms with E-state index in [1.54, 1.807) is 0 Å². The average Bonchev–Trinajstić information content (AvgIpc) is 2.05. The first-order valence-corrected chi connectivity index (χ1v) is 5.06. The smallest absolute Gasteiger partial charge is 0.221 e. The van der Waals surface area contributed by atoms with Gasteiger partial charge in [0, 0.05) is 6.42 Å². The molecule has 0 bridgehead atoms. The molecule has 0 spiro atoms. The Kier molecular flexibility index (Phi) is 4.62. The average molecular weight is 190 g/mol. The summed E-state index contributed by atoms with van der Waals surface area (Å²) in [7, 11) is 0. The van der Waals surface area contributed by atoms with Crippen LogP contribution in [0, 0.1) is 5.92 Å². The third kappa shape index (κ3) is 4.07. The molecular weight excluding hydrogens is 174 g/mol. The zero-order chi connectivity index (χ0) is 8.81. The maximum absolute atomic E-state index is 10.4. The lowest BCUT2D eigenvalue weighted by atomic mass is 9.93. The molecule has 1 heterocycles. The van der Waals surface area contributed by atoms with E-state index in [1.165, 1.54) is 19.3 Å². The zero-order valence-corrected chi connectivity index (χ0v) is 8.07. The molecule has 0 unspecified atom stereocenters. The molecule has 1 fully saturated rings. The van der Waals surface area contributed by atoms with Gasteiger partial charge in [-0.15, -0.1) is 0 Å². The second-order valence-corrected chi connectivity index (χ2v) is 3.86. The van der Waals surface area contributed by atoms with Crippen molar-refractivity contribution >= 4 is 16.8 Å². The van der Waals surface area contributed by atoms with Crippen LogP contribution in [0.2, 0.25) is 0 Å². The van der Waals surface area contributed by atoms with Crippen LogP contribution in [-0.4, -0.2) is 18.3 Å². The summed E-state index contributed by atoms with van der Waals surface area (Å²) in [6.07, 6.45) is 5.20. The molecule has 1 saturated heterocycles. The quantitative estimate of drug-likeness (QED) is 0.685. The molecule has 0 aromatic heterocycles. The van der Waals surface area contributed by atoms with E-state index in [0.717, 1.165) is 25.4 Å². The van der Waals surface area contributed by atoms with Crippen LogP contribution < -0.4 is 5.32 Å². The fourth-order valence-corrected chi connectivity index (χ4v) is 1.83. The van der Waals surface area contributed by atoms with Gasteiger partial charge in [0.05, 0.1) is 0 Å². The summed E-state index contributed by atoms with van der Waals surface area (Å²) in [6.45, 7) is 2.28. The second kappa shape index (κ2) is 5.55. The standard InChI is InChI=1S/C9H16ClNO/c10-9(12)3-1-2-8-4-6-11-7-5-8/h8,11H,1-7H2. The molecule has 1 aliphatic heterocycles. The Morgan fingerprint density at radius 3 is 2.67 bits per heavy atom. The second-order valence-electron chi connectivity index (χ2n) is 3.44. The minimum Gasteiger partial charge on any atom is -0.317 e. The first-order chi connectivity index (χ1) is 5.79. The number of carbonyl (C=O) groups excluding carboxylic acids is 1. The Labute approximate surface area is 78.7 Å². The Morgan fingerprint density at radius 1 is 1.42 bits per heavy atom. The van der Waals surface area contributed by atoms with Gasteiger partial charge in [0.15, 0.2) is 0 Å². The minimum absolute atomic E-state index is 0.191.